The Morgan fingerprint density at radius 2 is 1.81 bits per heavy atom. The van der Waals surface area contributed by atoms with Crippen LogP contribution in [0.2, 0.25) is 0 Å². The third-order valence-corrected chi connectivity index (χ3v) is 2.95. The molecule has 0 aliphatic carbocycles. The molecule has 0 spiro atoms. The van der Waals surface area contributed by atoms with E-state index in [1.54, 1.807) is 12.1 Å². The van der Waals surface area contributed by atoms with Crippen LogP contribution in [0.25, 0.3) is 0 Å². The van der Waals surface area contributed by atoms with Gasteiger partial charge >= 0.3 is 6.09 Å². The summed E-state index contributed by atoms with van der Waals surface area (Å²) in [7, 11) is 0. The van der Waals surface area contributed by atoms with Gasteiger partial charge in [-0.05, 0) is 18.6 Å². The van der Waals surface area contributed by atoms with Gasteiger partial charge in [0.2, 0.25) is 0 Å². The summed E-state index contributed by atoms with van der Waals surface area (Å²) in [6, 6.07) is 16.6. The standard InChI is InChI=1S/C17H17NO3/c1-13-6-5-9-15(10-13)16(19)11-18-17(20)21-12-14-7-3-2-4-8-14/h2-10H,11-12H2,1H3,(H,18,20). The fourth-order valence-corrected chi connectivity index (χ4v) is 1.85. The minimum Gasteiger partial charge on any atom is -0.445 e. The van der Waals surface area contributed by atoms with Gasteiger partial charge in [0.1, 0.15) is 6.61 Å². The lowest BCUT2D eigenvalue weighted by atomic mass is 10.1. The smallest absolute Gasteiger partial charge is 0.407 e. The minimum atomic E-state index is -0.597. The van der Waals surface area contributed by atoms with E-state index in [1.165, 1.54) is 0 Å². The molecular weight excluding hydrogens is 266 g/mol. The third-order valence-electron chi connectivity index (χ3n) is 2.95. The Morgan fingerprint density at radius 1 is 1.05 bits per heavy atom. The number of amides is 1. The predicted molar refractivity (Wildman–Crippen MR) is 80.1 cm³/mol. The Bertz CT molecular complexity index is 623. The molecule has 0 saturated carbocycles. The number of rotatable bonds is 5. The van der Waals surface area contributed by atoms with E-state index >= 15 is 0 Å². The molecular formula is C17H17NO3. The van der Waals surface area contributed by atoms with Crippen molar-refractivity contribution in [2.45, 2.75) is 13.5 Å². The zero-order valence-corrected chi connectivity index (χ0v) is 11.8. The summed E-state index contributed by atoms with van der Waals surface area (Å²) >= 11 is 0. The topological polar surface area (TPSA) is 55.4 Å². The second kappa shape index (κ2) is 7.24. The van der Waals surface area contributed by atoms with Gasteiger partial charge in [0, 0.05) is 5.56 Å². The first kappa shape index (κ1) is 14.8. The maximum Gasteiger partial charge on any atom is 0.407 e. The van der Waals surface area contributed by atoms with Crippen LogP contribution < -0.4 is 5.32 Å². The van der Waals surface area contributed by atoms with E-state index in [2.05, 4.69) is 5.32 Å². The number of carbonyl (C=O) groups is 2. The lowest BCUT2D eigenvalue weighted by Gasteiger charge is -2.07. The molecule has 1 amide bonds. The molecule has 108 valence electrons. The maximum absolute atomic E-state index is 11.9. The molecule has 0 bridgehead atoms. The highest BCUT2D eigenvalue weighted by molar-refractivity contribution is 5.99. The first-order valence-electron chi connectivity index (χ1n) is 6.69. The normalized spacial score (nSPS) is 9.95. The highest BCUT2D eigenvalue weighted by atomic mass is 16.5. The molecule has 1 N–H and O–H groups in total. The fourth-order valence-electron chi connectivity index (χ4n) is 1.85. The summed E-state index contributed by atoms with van der Waals surface area (Å²) in [5, 5.41) is 2.46. The average Bonchev–Trinajstić information content (AvgIpc) is 2.51. The van der Waals surface area contributed by atoms with Crippen LogP contribution in [0.3, 0.4) is 0 Å². The van der Waals surface area contributed by atoms with Crippen LogP contribution in [0.4, 0.5) is 4.79 Å². The maximum atomic E-state index is 11.9. The zero-order chi connectivity index (χ0) is 15.1. The van der Waals surface area contributed by atoms with Crippen LogP contribution in [-0.4, -0.2) is 18.4 Å². The van der Waals surface area contributed by atoms with Crippen LogP contribution in [0, 0.1) is 6.92 Å². The second-order valence-electron chi connectivity index (χ2n) is 4.71. The van der Waals surface area contributed by atoms with Crippen LogP contribution in [0.1, 0.15) is 21.5 Å². The number of nitrogens with one attached hydrogen (secondary N) is 1. The molecule has 2 aromatic rings. The molecule has 2 aromatic carbocycles. The lowest BCUT2D eigenvalue weighted by Crippen LogP contribution is -2.30. The highest BCUT2D eigenvalue weighted by Gasteiger charge is 2.09. The fraction of sp³-hybridized carbons (Fsp3) is 0.176. The Morgan fingerprint density at radius 3 is 2.52 bits per heavy atom. The average molecular weight is 283 g/mol. The summed E-state index contributed by atoms with van der Waals surface area (Å²) in [4.78, 5) is 23.4. The lowest BCUT2D eigenvalue weighted by molar-refractivity contribution is 0.0974. The number of alkyl carbamates (subject to hydrolysis) is 1. The van der Waals surface area contributed by atoms with Crippen LogP contribution >= 0.6 is 0 Å². The Kier molecular flexibility index (Phi) is 5.10. The second-order valence-corrected chi connectivity index (χ2v) is 4.71. The van der Waals surface area contributed by atoms with E-state index in [0.717, 1.165) is 11.1 Å². The van der Waals surface area contributed by atoms with Gasteiger partial charge < -0.3 is 10.1 Å². The Labute approximate surface area is 123 Å². The van der Waals surface area contributed by atoms with E-state index in [9.17, 15) is 9.59 Å². The summed E-state index contributed by atoms with van der Waals surface area (Å²) < 4.78 is 5.04. The van der Waals surface area contributed by atoms with Crippen LogP contribution in [-0.2, 0) is 11.3 Å². The van der Waals surface area contributed by atoms with Gasteiger partial charge in [0.15, 0.2) is 5.78 Å². The van der Waals surface area contributed by atoms with Crippen molar-refractivity contribution >= 4 is 11.9 Å². The summed E-state index contributed by atoms with van der Waals surface area (Å²) in [5.41, 5.74) is 2.49. The van der Waals surface area contributed by atoms with Crippen molar-refractivity contribution in [1.29, 1.82) is 0 Å². The summed E-state index contributed by atoms with van der Waals surface area (Å²) in [6.07, 6.45) is -0.597. The summed E-state index contributed by atoms with van der Waals surface area (Å²) in [5.74, 6) is -0.143. The van der Waals surface area contributed by atoms with Crippen LogP contribution in [0.5, 0.6) is 0 Å². The monoisotopic (exact) mass is 283 g/mol. The van der Waals surface area contributed by atoms with Crippen molar-refractivity contribution in [1.82, 2.24) is 5.32 Å². The van der Waals surface area contributed by atoms with Crippen molar-refractivity contribution in [3.05, 3.63) is 71.3 Å². The molecule has 0 aliphatic rings. The molecule has 0 atom stereocenters. The predicted octanol–water partition coefficient (Wildman–Crippen LogP) is 3.10. The molecule has 4 heteroatoms. The van der Waals surface area contributed by atoms with Gasteiger partial charge in [-0.2, -0.15) is 0 Å². The van der Waals surface area contributed by atoms with Crippen molar-refractivity contribution in [3.63, 3.8) is 0 Å². The van der Waals surface area contributed by atoms with E-state index in [0.29, 0.717) is 5.56 Å². The van der Waals surface area contributed by atoms with Gasteiger partial charge in [0.25, 0.3) is 0 Å². The molecule has 4 nitrogen and oxygen atoms in total. The third kappa shape index (κ3) is 4.76. The Balaban J connectivity index is 1.77. The number of Topliss-reactive ketones (excluding diaryl/α,β-unsaturated/α-hetero) is 1. The van der Waals surface area contributed by atoms with E-state index in [4.69, 9.17) is 4.74 Å². The number of benzene rings is 2. The highest BCUT2D eigenvalue weighted by Crippen LogP contribution is 2.04. The molecule has 0 saturated heterocycles. The van der Waals surface area contributed by atoms with E-state index < -0.39 is 6.09 Å². The van der Waals surface area contributed by atoms with Crippen LogP contribution in [0.15, 0.2) is 54.6 Å². The largest absolute Gasteiger partial charge is 0.445 e. The Hall–Kier alpha value is -2.62. The van der Waals surface area contributed by atoms with E-state index in [-0.39, 0.29) is 18.9 Å². The molecule has 0 fully saturated rings. The molecule has 0 radical (unpaired) electrons. The van der Waals surface area contributed by atoms with Gasteiger partial charge in [-0.1, -0.05) is 54.1 Å². The first-order valence-corrected chi connectivity index (χ1v) is 6.69. The number of ether oxygens (including phenoxy) is 1. The molecule has 2 rings (SSSR count). The van der Waals surface area contributed by atoms with Crippen molar-refractivity contribution < 1.29 is 14.3 Å². The number of carbonyl (C=O) groups excluding carboxylic acids is 2. The van der Waals surface area contributed by atoms with Gasteiger partial charge in [-0.15, -0.1) is 0 Å². The van der Waals surface area contributed by atoms with Crippen molar-refractivity contribution in [2.75, 3.05) is 6.54 Å². The molecule has 0 aromatic heterocycles. The minimum absolute atomic E-state index is 0.0723. The van der Waals surface area contributed by atoms with Gasteiger partial charge in [-0.25, -0.2) is 4.79 Å². The number of hydrogen-bond acceptors (Lipinski definition) is 3. The first-order chi connectivity index (χ1) is 10.1. The van der Waals surface area contributed by atoms with Gasteiger partial charge in [-0.3, -0.25) is 4.79 Å². The number of hydrogen-bond donors (Lipinski definition) is 1. The molecule has 21 heavy (non-hydrogen) atoms. The van der Waals surface area contributed by atoms with Crippen molar-refractivity contribution in [3.8, 4) is 0 Å². The molecule has 0 aliphatic heterocycles. The molecule has 0 unspecified atom stereocenters. The quantitative estimate of drug-likeness (QED) is 0.858. The van der Waals surface area contributed by atoms with Crippen molar-refractivity contribution in [2.24, 2.45) is 0 Å². The molecule has 0 heterocycles. The number of aryl methyl sites for hydroxylation is 1. The van der Waals surface area contributed by atoms with Gasteiger partial charge in [0.05, 0.1) is 6.54 Å². The SMILES string of the molecule is Cc1cccc(C(=O)CNC(=O)OCc2ccccc2)c1. The summed E-state index contributed by atoms with van der Waals surface area (Å²) in [6.45, 7) is 2.03. The zero-order valence-electron chi connectivity index (χ0n) is 11.8. The van der Waals surface area contributed by atoms with E-state index in [1.807, 2.05) is 49.4 Å². The number of ketones is 1.